The van der Waals surface area contributed by atoms with Crippen LogP contribution in [-0.2, 0) is 12.8 Å². The van der Waals surface area contributed by atoms with Crippen molar-refractivity contribution >= 4 is 29.9 Å². The molecule has 1 aliphatic heterocycles. The number of ether oxygens (including phenoxy) is 1. The molecular formula is C21H28IN3O. The number of benzene rings is 2. The van der Waals surface area contributed by atoms with Crippen molar-refractivity contribution in [3.05, 3.63) is 65.2 Å². The summed E-state index contributed by atoms with van der Waals surface area (Å²) in [6, 6.07) is 17.1. The molecule has 2 N–H and O–H groups in total. The van der Waals surface area contributed by atoms with Crippen LogP contribution in [-0.4, -0.2) is 32.7 Å². The molecule has 140 valence electrons. The van der Waals surface area contributed by atoms with Crippen molar-refractivity contribution in [2.24, 2.45) is 4.99 Å². The standard InChI is InChI=1S/C21H27N3O.HI/c1-16(18-6-4-3-5-7-18)15-24-21(22-2)23-12-10-17-8-9-20-19(14-17)11-13-25-20;/h3-9,14,16H,10-13,15H2,1-2H3,(H2,22,23,24);1H. The van der Waals surface area contributed by atoms with Gasteiger partial charge in [0.2, 0.25) is 0 Å². The van der Waals surface area contributed by atoms with Gasteiger partial charge in [-0.2, -0.15) is 0 Å². The zero-order valence-electron chi connectivity index (χ0n) is 15.5. The second kappa shape index (κ2) is 10.4. The minimum absolute atomic E-state index is 0. The summed E-state index contributed by atoms with van der Waals surface area (Å²) in [5.74, 6) is 2.34. The first kappa shape index (κ1) is 20.6. The predicted molar refractivity (Wildman–Crippen MR) is 119 cm³/mol. The number of hydrogen-bond acceptors (Lipinski definition) is 2. The normalized spacial score (nSPS) is 14.0. The Balaban J connectivity index is 0.00000243. The fourth-order valence-corrected chi connectivity index (χ4v) is 3.09. The van der Waals surface area contributed by atoms with E-state index in [1.807, 2.05) is 7.05 Å². The van der Waals surface area contributed by atoms with Gasteiger partial charge in [0.15, 0.2) is 5.96 Å². The quantitative estimate of drug-likeness (QED) is 0.388. The van der Waals surface area contributed by atoms with E-state index in [1.165, 1.54) is 16.7 Å². The fourth-order valence-electron chi connectivity index (χ4n) is 3.09. The molecular weight excluding hydrogens is 437 g/mol. The highest BCUT2D eigenvalue weighted by Crippen LogP contribution is 2.25. The van der Waals surface area contributed by atoms with Crippen LogP contribution in [0.5, 0.6) is 5.75 Å². The molecule has 2 aromatic rings. The lowest BCUT2D eigenvalue weighted by Gasteiger charge is -2.16. The molecule has 0 spiro atoms. The first-order valence-corrected chi connectivity index (χ1v) is 9.00. The maximum absolute atomic E-state index is 5.56. The van der Waals surface area contributed by atoms with Gasteiger partial charge in [-0.05, 0) is 35.1 Å². The molecule has 3 rings (SSSR count). The number of aliphatic imine (C=N–C) groups is 1. The summed E-state index contributed by atoms with van der Waals surface area (Å²) >= 11 is 0. The van der Waals surface area contributed by atoms with E-state index in [1.54, 1.807) is 0 Å². The Morgan fingerprint density at radius 3 is 2.73 bits per heavy atom. The molecule has 0 fully saturated rings. The van der Waals surface area contributed by atoms with Crippen LogP contribution in [0.15, 0.2) is 53.5 Å². The molecule has 5 heteroatoms. The minimum atomic E-state index is 0. The zero-order valence-corrected chi connectivity index (χ0v) is 17.8. The van der Waals surface area contributed by atoms with E-state index in [0.717, 1.165) is 44.2 Å². The van der Waals surface area contributed by atoms with Gasteiger partial charge >= 0.3 is 0 Å². The first-order chi connectivity index (χ1) is 12.3. The highest BCUT2D eigenvalue weighted by molar-refractivity contribution is 14.0. The minimum Gasteiger partial charge on any atom is -0.493 e. The van der Waals surface area contributed by atoms with Gasteiger partial charge in [-0.15, -0.1) is 24.0 Å². The summed E-state index contributed by atoms with van der Waals surface area (Å²) in [5, 5.41) is 6.81. The van der Waals surface area contributed by atoms with Gasteiger partial charge in [0.1, 0.15) is 5.75 Å². The van der Waals surface area contributed by atoms with Crippen LogP contribution in [0.3, 0.4) is 0 Å². The zero-order chi connectivity index (χ0) is 17.5. The third-order valence-corrected chi connectivity index (χ3v) is 4.63. The van der Waals surface area contributed by atoms with E-state index in [9.17, 15) is 0 Å². The summed E-state index contributed by atoms with van der Waals surface area (Å²) < 4.78 is 5.56. The van der Waals surface area contributed by atoms with Gasteiger partial charge in [-0.1, -0.05) is 49.4 Å². The molecule has 4 nitrogen and oxygen atoms in total. The summed E-state index contributed by atoms with van der Waals surface area (Å²) in [6.07, 6.45) is 2.00. The molecule has 0 saturated heterocycles. The number of guanidine groups is 1. The van der Waals surface area contributed by atoms with Crippen molar-refractivity contribution < 1.29 is 4.74 Å². The molecule has 1 atom stereocenters. The van der Waals surface area contributed by atoms with Gasteiger partial charge in [-0.3, -0.25) is 4.99 Å². The van der Waals surface area contributed by atoms with Crippen molar-refractivity contribution in [2.75, 3.05) is 26.7 Å². The molecule has 0 bridgehead atoms. The fraction of sp³-hybridized carbons (Fsp3) is 0.381. The third-order valence-electron chi connectivity index (χ3n) is 4.63. The molecule has 0 saturated carbocycles. The van der Waals surface area contributed by atoms with E-state index in [0.29, 0.717) is 5.92 Å². The average Bonchev–Trinajstić information content (AvgIpc) is 3.12. The molecule has 0 radical (unpaired) electrons. The summed E-state index contributed by atoms with van der Waals surface area (Å²) in [5.41, 5.74) is 4.01. The van der Waals surface area contributed by atoms with Crippen molar-refractivity contribution in [3.63, 3.8) is 0 Å². The number of nitrogens with one attached hydrogen (secondary N) is 2. The van der Waals surface area contributed by atoms with Crippen LogP contribution in [0, 0.1) is 0 Å². The number of fused-ring (bicyclic) bond motifs is 1. The maximum atomic E-state index is 5.56. The van der Waals surface area contributed by atoms with Gasteiger partial charge in [0, 0.05) is 26.6 Å². The monoisotopic (exact) mass is 465 g/mol. The van der Waals surface area contributed by atoms with Crippen molar-refractivity contribution in [3.8, 4) is 5.75 Å². The maximum Gasteiger partial charge on any atom is 0.191 e. The van der Waals surface area contributed by atoms with E-state index < -0.39 is 0 Å². The summed E-state index contributed by atoms with van der Waals surface area (Å²) in [7, 11) is 1.81. The molecule has 1 aliphatic rings. The Morgan fingerprint density at radius 1 is 1.15 bits per heavy atom. The second-order valence-electron chi connectivity index (χ2n) is 6.48. The largest absolute Gasteiger partial charge is 0.493 e. The molecule has 26 heavy (non-hydrogen) atoms. The molecule has 0 aliphatic carbocycles. The average molecular weight is 465 g/mol. The Hall–Kier alpha value is -1.76. The number of halogens is 1. The second-order valence-corrected chi connectivity index (χ2v) is 6.48. The Morgan fingerprint density at radius 2 is 1.96 bits per heavy atom. The van der Waals surface area contributed by atoms with Crippen LogP contribution in [0.1, 0.15) is 29.5 Å². The molecule has 0 aromatic heterocycles. The molecule has 0 amide bonds. The van der Waals surface area contributed by atoms with Gasteiger partial charge < -0.3 is 15.4 Å². The van der Waals surface area contributed by atoms with E-state index in [2.05, 4.69) is 71.1 Å². The number of rotatable bonds is 6. The Labute approximate surface area is 173 Å². The van der Waals surface area contributed by atoms with E-state index in [-0.39, 0.29) is 24.0 Å². The lowest BCUT2D eigenvalue weighted by atomic mass is 10.0. The van der Waals surface area contributed by atoms with Gasteiger partial charge in [0.05, 0.1) is 6.61 Å². The predicted octanol–water partition coefficient (Wildman–Crippen LogP) is 3.75. The van der Waals surface area contributed by atoms with Crippen LogP contribution < -0.4 is 15.4 Å². The van der Waals surface area contributed by atoms with Gasteiger partial charge in [0.25, 0.3) is 0 Å². The van der Waals surface area contributed by atoms with Gasteiger partial charge in [-0.25, -0.2) is 0 Å². The highest BCUT2D eigenvalue weighted by Gasteiger charge is 2.12. The molecule has 2 aromatic carbocycles. The molecule has 1 heterocycles. The third kappa shape index (κ3) is 5.62. The van der Waals surface area contributed by atoms with E-state index >= 15 is 0 Å². The smallest absolute Gasteiger partial charge is 0.191 e. The topological polar surface area (TPSA) is 45.7 Å². The first-order valence-electron chi connectivity index (χ1n) is 9.00. The summed E-state index contributed by atoms with van der Waals surface area (Å²) in [4.78, 5) is 4.32. The Bertz CT molecular complexity index is 718. The van der Waals surface area contributed by atoms with Crippen LogP contribution in [0.4, 0.5) is 0 Å². The Kier molecular flexibility index (Phi) is 8.22. The van der Waals surface area contributed by atoms with Crippen LogP contribution in [0.25, 0.3) is 0 Å². The lowest BCUT2D eigenvalue weighted by molar-refractivity contribution is 0.357. The van der Waals surface area contributed by atoms with Crippen molar-refractivity contribution in [1.29, 1.82) is 0 Å². The SMILES string of the molecule is CN=C(NCCc1ccc2c(c1)CCO2)NCC(C)c1ccccc1.I. The highest BCUT2D eigenvalue weighted by atomic mass is 127. The lowest BCUT2D eigenvalue weighted by Crippen LogP contribution is -2.39. The number of hydrogen-bond donors (Lipinski definition) is 2. The van der Waals surface area contributed by atoms with Crippen LogP contribution >= 0.6 is 24.0 Å². The van der Waals surface area contributed by atoms with Crippen LogP contribution in [0.2, 0.25) is 0 Å². The number of nitrogens with zero attached hydrogens (tertiary/aromatic N) is 1. The van der Waals surface area contributed by atoms with Crippen molar-refractivity contribution in [1.82, 2.24) is 10.6 Å². The molecule has 1 unspecified atom stereocenters. The van der Waals surface area contributed by atoms with Crippen molar-refractivity contribution in [2.45, 2.75) is 25.7 Å². The summed E-state index contributed by atoms with van der Waals surface area (Å²) in [6.45, 7) is 4.76. The van der Waals surface area contributed by atoms with E-state index in [4.69, 9.17) is 4.74 Å².